The van der Waals surface area contributed by atoms with Crippen LogP contribution >= 0.6 is 0 Å². The summed E-state index contributed by atoms with van der Waals surface area (Å²) in [4.78, 5) is 0. The second-order valence-electron chi connectivity index (χ2n) is 2.84. The number of ether oxygens (including phenoxy) is 1. The lowest BCUT2D eigenvalue weighted by atomic mass is 10.2. The van der Waals surface area contributed by atoms with Gasteiger partial charge in [-0.1, -0.05) is 12.1 Å². The summed E-state index contributed by atoms with van der Waals surface area (Å²) in [6.45, 7) is 1.46. The first-order chi connectivity index (χ1) is 7.16. The van der Waals surface area contributed by atoms with E-state index in [1.165, 1.54) is 18.2 Å². The normalized spacial score (nSPS) is 12.5. The summed E-state index contributed by atoms with van der Waals surface area (Å²) in [7, 11) is 0. The topological polar surface area (TPSA) is 9.23 Å². The molecule has 0 N–H and O–H groups in total. The van der Waals surface area contributed by atoms with Gasteiger partial charge in [-0.25, -0.2) is 13.2 Å². The molecule has 0 bridgehead atoms. The highest BCUT2D eigenvalue weighted by Gasteiger charge is 2.12. The third-order valence-electron chi connectivity index (χ3n) is 1.78. The molecule has 15 heavy (non-hydrogen) atoms. The first-order valence-electron chi connectivity index (χ1n) is 4.53. The lowest BCUT2D eigenvalue weighted by molar-refractivity contribution is 0.155. The predicted octanol–water partition coefficient (Wildman–Crippen LogP) is 3.47. The second-order valence-corrected chi connectivity index (χ2v) is 2.84. The highest BCUT2D eigenvalue weighted by molar-refractivity contribution is 5.61. The SMILES string of the molecule is CCOCC(F)=C(F)c1ccccc1F. The van der Waals surface area contributed by atoms with E-state index in [1.807, 2.05) is 0 Å². The number of hydrogen-bond acceptors (Lipinski definition) is 1. The van der Waals surface area contributed by atoms with Crippen LogP contribution in [-0.4, -0.2) is 13.2 Å². The Morgan fingerprint density at radius 2 is 1.93 bits per heavy atom. The van der Waals surface area contributed by atoms with Crippen LogP contribution in [0.15, 0.2) is 30.1 Å². The molecule has 0 radical (unpaired) electrons. The molecule has 0 aliphatic carbocycles. The van der Waals surface area contributed by atoms with Gasteiger partial charge < -0.3 is 4.74 Å². The summed E-state index contributed by atoms with van der Waals surface area (Å²) in [5.41, 5.74) is -0.380. The van der Waals surface area contributed by atoms with Crippen molar-refractivity contribution in [1.29, 1.82) is 0 Å². The molecule has 1 nitrogen and oxygen atoms in total. The first kappa shape index (κ1) is 11.8. The summed E-state index contributed by atoms with van der Waals surface area (Å²) >= 11 is 0. The maximum absolute atomic E-state index is 13.3. The Morgan fingerprint density at radius 1 is 1.27 bits per heavy atom. The zero-order valence-corrected chi connectivity index (χ0v) is 8.27. The minimum atomic E-state index is -1.21. The Kier molecular flexibility index (Phi) is 4.37. The van der Waals surface area contributed by atoms with Crippen molar-refractivity contribution in [3.63, 3.8) is 0 Å². The largest absolute Gasteiger partial charge is 0.375 e. The van der Waals surface area contributed by atoms with Gasteiger partial charge in [0.25, 0.3) is 0 Å². The summed E-state index contributed by atoms with van der Waals surface area (Å²) in [5.74, 6) is -3.09. The zero-order valence-electron chi connectivity index (χ0n) is 8.27. The minimum Gasteiger partial charge on any atom is -0.375 e. The number of hydrogen-bond donors (Lipinski definition) is 0. The third kappa shape index (κ3) is 3.09. The fraction of sp³-hybridized carbons (Fsp3) is 0.273. The van der Waals surface area contributed by atoms with E-state index in [1.54, 1.807) is 6.92 Å². The van der Waals surface area contributed by atoms with Crippen molar-refractivity contribution in [1.82, 2.24) is 0 Å². The van der Waals surface area contributed by atoms with Crippen LogP contribution in [0.2, 0.25) is 0 Å². The molecule has 1 rings (SSSR count). The molecule has 0 heterocycles. The molecule has 4 heteroatoms. The molecule has 0 amide bonds. The molecule has 82 valence electrons. The Hall–Kier alpha value is -1.29. The number of halogens is 3. The third-order valence-corrected chi connectivity index (χ3v) is 1.78. The maximum atomic E-state index is 13.3. The van der Waals surface area contributed by atoms with E-state index in [-0.39, 0.29) is 12.2 Å². The van der Waals surface area contributed by atoms with E-state index < -0.39 is 24.1 Å². The van der Waals surface area contributed by atoms with E-state index >= 15 is 0 Å². The molecule has 0 aliphatic heterocycles. The van der Waals surface area contributed by atoms with E-state index in [0.717, 1.165) is 6.07 Å². The van der Waals surface area contributed by atoms with E-state index in [0.29, 0.717) is 0 Å². The highest BCUT2D eigenvalue weighted by atomic mass is 19.2. The van der Waals surface area contributed by atoms with Crippen molar-refractivity contribution < 1.29 is 17.9 Å². The Labute approximate surface area is 86.2 Å². The monoisotopic (exact) mass is 216 g/mol. The molecule has 1 aromatic rings. The molecule has 0 aromatic heterocycles. The quantitative estimate of drug-likeness (QED) is 0.748. The molecule has 0 aliphatic rings. The van der Waals surface area contributed by atoms with Gasteiger partial charge >= 0.3 is 0 Å². The average Bonchev–Trinajstić information content (AvgIpc) is 2.25. The van der Waals surface area contributed by atoms with Gasteiger partial charge in [-0.05, 0) is 19.1 Å². The smallest absolute Gasteiger partial charge is 0.167 e. The number of rotatable bonds is 4. The van der Waals surface area contributed by atoms with E-state index in [2.05, 4.69) is 4.74 Å². The average molecular weight is 216 g/mol. The summed E-state index contributed by atoms with van der Waals surface area (Å²) < 4.78 is 44.1. The Morgan fingerprint density at radius 3 is 2.53 bits per heavy atom. The van der Waals surface area contributed by atoms with E-state index in [4.69, 9.17) is 0 Å². The predicted molar refractivity (Wildman–Crippen MR) is 52.0 cm³/mol. The van der Waals surface area contributed by atoms with Crippen molar-refractivity contribution in [3.8, 4) is 0 Å². The zero-order chi connectivity index (χ0) is 11.3. The summed E-state index contributed by atoms with van der Waals surface area (Å²) in [5, 5.41) is 0. The molecule has 0 fully saturated rings. The van der Waals surface area contributed by atoms with Gasteiger partial charge in [0, 0.05) is 12.2 Å². The van der Waals surface area contributed by atoms with Gasteiger partial charge in [0.05, 0.1) is 0 Å². The Bertz CT molecular complexity index is 361. The van der Waals surface area contributed by atoms with Gasteiger partial charge in [-0.3, -0.25) is 0 Å². The molecule has 1 aromatic carbocycles. The van der Waals surface area contributed by atoms with Crippen LogP contribution in [-0.2, 0) is 4.74 Å². The van der Waals surface area contributed by atoms with E-state index in [9.17, 15) is 13.2 Å². The molecule has 0 unspecified atom stereocenters. The van der Waals surface area contributed by atoms with Crippen molar-refractivity contribution in [2.75, 3.05) is 13.2 Å². The minimum absolute atomic E-state index is 0.276. The summed E-state index contributed by atoms with van der Waals surface area (Å²) in [6.07, 6.45) is 0. The van der Waals surface area contributed by atoms with Crippen LogP contribution in [0.3, 0.4) is 0 Å². The summed E-state index contributed by atoms with van der Waals surface area (Å²) in [6, 6.07) is 5.09. The van der Waals surface area contributed by atoms with Crippen molar-refractivity contribution in [3.05, 3.63) is 41.5 Å². The fourth-order valence-corrected chi connectivity index (χ4v) is 1.04. The lowest BCUT2D eigenvalue weighted by Crippen LogP contribution is -1.96. The van der Waals surface area contributed by atoms with Crippen molar-refractivity contribution in [2.45, 2.75) is 6.92 Å². The molecule has 0 spiro atoms. The highest BCUT2D eigenvalue weighted by Crippen LogP contribution is 2.23. The lowest BCUT2D eigenvalue weighted by Gasteiger charge is -2.02. The van der Waals surface area contributed by atoms with Crippen LogP contribution in [0, 0.1) is 5.82 Å². The van der Waals surface area contributed by atoms with Gasteiger partial charge in [-0.15, -0.1) is 0 Å². The van der Waals surface area contributed by atoms with Crippen LogP contribution in [0.1, 0.15) is 12.5 Å². The maximum Gasteiger partial charge on any atom is 0.167 e. The molecule has 0 atom stereocenters. The second kappa shape index (κ2) is 5.56. The van der Waals surface area contributed by atoms with Crippen LogP contribution in [0.4, 0.5) is 13.2 Å². The molecular weight excluding hydrogens is 205 g/mol. The van der Waals surface area contributed by atoms with Crippen LogP contribution in [0.25, 0.3) is 5.83 Å². The van der Waals surface area contributed by atoms with Gasteiger partial charge in [-0.2, -0.15) is 0 Å². The van der Waals surface area contributed by atoms with Crippen molar-refractivity contribution >= 4 is 5.83 Å². The first-order valence-corrected chi connectivity index (χ1v) is 4.53. The standard InChI is InChI=1S/C11H11F3O/c1-2-15-7-10(13)11(14)8-5-3-4-6-9(8)12/h3-6H,2,7H2,1H3. The van der Waals surface area contributed by atoms with Gasteiger partial charge in [0.2, 0.25) is 0 Å². The van der Waals surface area contributed by atoms with Crippen LogP contribution < -0.4 is 0 Å². The fourth-order valence-electron chi connectivity index (χ4n) is 1.04. The Balaban J connectivity index is 2.92. The van der Waals surface area contributed by atoms with Crippen LogP contribution in [0.5, 0.6) is 0 Å². The molecule has 0 saturated heterocycles. The molecule has 0 saturated carbocycles. The van der Waals surface area contributed by atoms with Gasteiger partial charge in [0.15, 0.2) is 11.7 Å². The van der Waals surface area contributed by atoms with Gasteiger partial charge in [0.1, 0.15) is 12.4 Å². The molecular formula is C11H11F3O. The van der Waals surface area contributed by atoms with Crippen molar-refractivity contribution in [2.24, 2.45) is 0 Å². The number of benzene rings is 1.